The van der Waals surface area contributed by atoms with Gasteiger partial charge in [-0.3, -0.25) is 9.89 Å². The number of fused-ring (bicyclic) bond motifs is 1. The summed E-state index contributed by atoms with van der Waals surface area (Å²) in [7, 11) is 0. The molecule has 2 aromatic rings. The first-order valence-electron chi connectivity index (χ1n) is 5.19. The van der Waals surface area contributed by atoms with Gasteiger partial charge in [0.15, 0.2) is 6.04 Å². The molecule has 0 saturated carbocycles. The molecule has 7 heteroatoms. The third kappa shape index (κ3) is 2.30. The lowest BCUT2D eigenvalue weighted by Gasteiger charge is -2.11. The van der Waals surface area contributed by atoms with Gasteiger partial charge in [-0.15, -0.1) is 0 Å². The van der Waals surface area contributed by atoms with Gasteiger partial charge in [-0.25, -0.2) is 4.79 Å². The van der Waals surface area contributed by atoms with Gasteiger partial charge < -0.3 is 15.5 Å². The summed E-state index contributed by atoms with van der Waals surface area (Å²) in [5.41, 5.74) is 1.09. The van der Waals surface area contributed by atoms with Crippen molar-refractivity contribution in [3.8, 4) is 0 Å². The number of benzene rings is 1. The second-order valence-electron chi connectivity index (χ2n) is 3.72. The van der Waals surface area contributed by atoms with Crippen molar-refractivity contribution in [1.82, 2.24) is 15.5 Å². The van der Waals surface area contributed by atoms with E-state index < -0.39 is 24.5 Å². The summed E-state index contributed by atoms with van der Waals surface area (Å²) in [6.07, 6.45) is 1.56. The predicted molar refractivity (Wildman–Crippen MR) is 62.1 cm³/mol. The van der Waals surface area contributed by atoms with Gasteiger partial charge in [-0.2, -0.15) is 5.10 Å². The number of nitrogens with one attached hydrogen (secondary N) is 2. The number of aromatic nitrogens is 2. The first kappa shape index (κ1) is 12.1. The molecule has 1 atom stereocenters. The van der Waals surface area contributed by atoms with Crippen LogP contribution in [0.4, 0.5) is 0 Å². The minimum atomic E-state index is -1.31. The van der Waals surface area contributed by atoms with Gasteiger partial charge in [0.25, 0.3) is 5.91 Å². The molecule has 1 heterocycles. The Morgan fingerprint density at radius 1 is 1.44 bits per heavy atom. The van der Waals surface area contributed by atoms with E-state index >= 15 is 0 Å². The van der Waals surface area contributed by atoms with E-state index in [-0.39, 0.29) is 0 Å². The van der Waals surface area contributed by atoms with Crippen molar-refractivity contribution in [2.45, 2.75) is 6.04 Å². The van der Waals surface area contributed by atoms with E-state index in [1.165, 1.54) is 0 Å². The number of carbonyl (C=O) groups excluding carboxylic acids is 1. The number of hydrogen-bond donors (Lipinski definition) is 4. The Hall–Kier alpha value is -2.41. The molecule has 7 nitrogen and oxygen atoms in total. The summed E-state index contributed by atoms with van der Waals surface area (Å²) in [6, 6.07) is 3.50. The van der Waals surface area contributed by atoms with Crippen LogP contribution in [0.1, 0.15) is 10.4 Å². The molecule has 1 aromatic heterocycles. The van der Waals surface area contributed by atoms with Crippen LogP contribution in [-0.2, 0) is 4.79 Å². The predicted octanol–water partition coefficient (Wildman–Crippen LogP) is -0.262. The highest BCUT2D eigenvalue weighted by atomic mass is 16.4. The summed E-state index contributed by atoms with van der Waals surface area (Å²) in [5.74, 6) is -1.84. The van der Waals surface area contributed by atoms with Crippen molar-refractivity contribution in [3.05, 3.63) is 30.0 Å². The Kier molecular flexibility index (Phi) is 3.24. The van der Waals surface area contributed by atoms with Gasteiger partial charge in [0.1, 0.15) is 0 Å². The van der Waals surface area contributed by atoms with Gasteiger partial charge in [0, 0.05) is 10.9 Å². The third-order valence-corrected chi connectivity index (χ3v) is 2.49. The second-order valence-corrected chi connectivity index (χ2v) is 3.72. The summed E-state index contributed by atoms with van der Waals surface area (Å²) in [6.45, 7) is -0.658. The van der Waals surface area contributed by atoms with E-state index in [1.54, 1.807) is 24.4 Å². The highest BCUT2D eigenvalue weighted by Crippen LogP contribution is 2.12. The van der Waals surface area contributed by atoms with Gasteiger partial charge in [-0.05, 0) is 18.2 Å². The zero-order chi connectivity index (χ0) is 13.1. The van der Waals surface area contributed by atoms with E-state index in [0.717, 1.165) is 10.9 Å². The molecule has 0 aliphatic rings. The van der Waals surface area contributed by atoms with Crippen LogP contribution in [-0.4, -0.2) is 44.9 Å². The molecule has 0 fully saturated rings. The lowest BCUT2D eigenvalue weighted by Crippen LogP contribution is -2.43. The van der Waals surface area contributed by atoms with Gasteiger partial charge in [0.2, 0.25) is 0 Å². The maximum absolute atomic E-state index is 11.8. The zero-order valence-electron chi connectivity index (χ0n) is 9.25. The maximum Gasteiger partial charge on any atom is 0.328 e. The van der Waals surface area contributed by atoms with Crippen molar-refractivity contribution in [2.75, 3.05) is 6.61 Å². The maximum atomic E-state index is 11.8. The molecule has 0 unspecified atom stereocenters. The molecule has 0 spiro atoms. The lowest BCUT2D eigenvalue weighted by atomic mass is 10.1. The van der Waals surface area contributed by atoms with Crippen LogP contribution in [0.25, 0.3) is 10.9 Å². The number of H-pyrrole nitrogens is 1. The number of rotatable bonds is 4. The molecule has 4 N–H and O–H groups in total. The van der Waals surface area contributed by atoms with Crippen molar-refractivity contribution in [1.29, 1.82) is 0 Å². The molecule has 0 aliphatic heterocycles. The molecular weight excluding hydrogens is 238 g/mol. The van der Waals surface area contributed by atoms with E-state index in [1.807, 2.05) is 0 Å². The monoisotopic (exact) mass is 249 g/mol. The van der Waals surface area contributed by atoms with Crippen LogP contribution >= 0.6 is 0 Å². The molecule has 1 aromatic carbocycles. The molecule has 0 radical (unpaired) electrons. The standard InChI is InChI=1S/C11H11N3O4/c15-5-9(11(17)18)13-10(16)6-1-2-8-7(3-6)4-12-14-8/h1-4,9,15H,5H2,(H,12,14)(H,13,16)(H,17,18)/t9-/m1/s1. The Balaban J connectivity index is 2.19. The second kappa shape index (κ2) is 4.84. The van der Waals surface area contributed by atoms with Crippen molar-refractivity contribution < 1.29 is 19.8 Å². The quantitative estimate of drug-likeness (QED) is 0.595. The topological polar surface area (TPSA) is 115 Å². The fourth-order valence-corrected chi connectivity index (χ4v) is 1.51. The van der Waals surface area contributed by atoms with Crippen LogP contribution < -0.4 is 5.32 Å². The normalized spacial score (nSPS) is 12.3. The van der Waals surface area contributed by atoms with Crippen molar-refractivity contribution >= 4 is 22.8 Å². The number of aliphatic hydroxyl groups excluding tert-OH is 1. The van der Waals surface area contributed by atoms with Crippen LogP contribution in [0, 0.1) is 0 Å². The summed E-state index contributed by atoms with van der Waals surface area (Å²) in [5, 5.41) is 27.1. The Bertz CT molecular complexity index is 593. The Morgan fingerprint density at radius 2 is 2.22 bits per heavy atom. The van der Waals surface area contributed by atoms with Gasteiger partial charge in [-0.1, -0.05) is 0 Å². The van der Waals surface area contributed by atoms with Crippen LogP contribution in [0.2, 0.25) is 0 Å². The number of aliphatic carboxylic acids is 1. The largest absolute Gasteiger partial charge is 0.480 e. The number of carbonyl (C=O) groups is 2. The minimum Gasteiger partial charge on any atom is -0.480 e. The molecule has 2 rings (SSSR count). The molecule has 1 amide bonds. The molecule has 0 aliphatic carbocycles. The highest BCUT2D eigenvalue weighted by Gasteiger charge is 2.19. The van der Waals surface area contributed by atoms with E-state index in [9.17, 15) is 9.59 Å². The number of hydrogen-bond acceptors (Lipinski definition) is 4. The van der Waals surface area contributed by atoms with Gasteiger partial charge >= 0.3 is 5.97 Å². The fraction of sp³-hybridized carbons (Fsp3) is 0.182. The average Bonchev–Trinajstić information content (AvgIpc) is 2.82. The first-order chi connectivity index (χ1) is 8.61. The van der Waals surface area contributed by atoms with E-state index in [4.69, 9.17) is 10.2 Å². The smallest absolute Gasteiger partial charge is 0.328 e. The third-order valence-electron chi connectivity index (χ3n) is 2.49. The zero-order valence-corrected chi connectivity index (χ0v) is 9.25. The number of carboxylic acids is 1. The van der Waals surface area contributed by atoms with E-state index in [0.29, 0.717) is 5.56 Å². The van der Waals surface area contributed by atoms with Crippen LogP contribution in [0.15, 0.2) is 24.4 Å². The van der Waals surface area contributed by atoms with Crippen molar-refractivity contribution in [3.63, 3.8) is 0 Å². The number of carboxylic acid groups (broad SMARTS) is 1. The number of aromatic amines is 1. The molecule has 0 bridgehead atoms. The molecule has 94 valence electrons. The minimum absolute atomic E-state index is 0.309. The van der Waals surface area contributed by atoms with Crippen molar-refractivity contribution in [2.24, 2.45) is 0 Å². The summed E-state index contributed by atoms with van der Waals surface area (Å²) in [4.78, 5) is 22.4. The summed E-state index contributed by atoms with van der Waals surface area (Å²) < 4.78 is 0. The Morgan fingerprint density at radius 3 is 2.89 bits per heavy atom. The SMILES string of the molecule is O=C(N[C@H](CO)C(=O)O)c1ccc2[nH]ncc2c1. The number of nitrogens with zero attached hydrogens (tertiary/aromatic N) is 1. The lowest BCUT2D eigenvalue weighted by molar-refractivity contribution is -0.140. The number of aliphatic hydroxyl groups is 1. The average molecular weight is 249 g/mol. The molecule has 18 heavy (non-hydrogen) atoms. The molecule has 0 saturated heterocycles. The molecular formula is C11H11N3O4. The van der Waals surface area contributed by atoms with Gasteiger partial charge in [0.05, 0.1) is 18.3 Å². The van der Waals surface area contributed by atoms with Crippen LogP contribution in [0.3, 0.4) is 0 Å². The summed E-state index contributed by atoms with van der Waals surface area (Å²) >= 11 is 0. The fourth-order valence-electron chi connectivity index (χ4n) is 1.51. The van der Waals surface area contributed by atoms with E-state index in [2.05, 4.69) is 15.5 Å². The van der Waals surface area contributed by atoms with Crippen LogP contribution in [0.5, 0.6) is 0 Å². The first-order valence-corrected chi connectivity index (χ1v) is 5.19. The Labute approximate surface area is 101 Å². The highest BCUT2D eigenvalue weighted by molar-refractivity contribution is 5.99. The number of amides is 1.